The molecule has 3 nitrogen and oxygen atoms in total. The molecule has 2 rings (SSSR count). The first-order valence-electron chi connectivity index (χ1n) is 7.66. The van der Waals surface area contributed by atoms with Gasteiger partial charge in [-0.05, 0) is 50.5 Å². The molecule has 0 N–H and O–H groups in total. The molecule has 106 valence electrons. The third-order valence-corrected chi connectivity index (χ3v) is 4.29. The number of Topliss-reactive ketones (excluding diaryl/α,β-unsaturated/α-hetero) is 1. The summed E-state index contributed by atoms with van der Waals surface area (Å²) >= 11 is 0. The first kappa shape index (κ1) is 14.3. The van der Waals surface area contributed by atoms with Crippen molar-refractivity contribution in [2.75, 3.05) is 0 Å². The zero-order chi connectivity index (χ0) is 14.0. The summed E-state index contributed by atoms with van der Waals surface area (Å²) in [5.74, 6) is 1.85. The topological polar surface area (TPSA) is 34.9 Å². The molecule has 1 aromatic rings. The molecule has 0 aromatic carbocycles. The van der Waals surface area contributed by atoms with E-state index in [1.807, 2.05) is 10.7 Å². The summed E-state index contributed by atoms with van der Waals surface area (Å²) < 4.78 is 1.88. The third kappa shape index (κ3) is 3.07. The van der Waals surface area contributed by atoms with Crippen molar-refractivity contribution in [3.8, 4) is 0 Å². The Kier molecular flexibility index (Phi) is 4.43. The van der Waals surface area contributed by atoms with Crippen molar-refractivity contribution in [3.05, 3.63) is 17.5 Å². The van der Waals surface area contributed by atoms with E-state index in [1.165, 1.54) is 6.42 Å². The van der Waals surface area contributed by atoms with Gasteiger partial charge in [-0.1, -0.05) is 20.8 Å². The lowest BCUT2D eigenvalue weighted by atomic mass is 9.74. The van der Waals surface area contributed by atoms with Crippen LogP contribution in [0.3, 0.4) is 0 Å². The van der Waals surface area contributed by atoms with Crippen LogP contribution in [0.5, 0.6) is 0 Å². The van der Waals surface area contributed by atoms with E-state index in [9.17, 15) is 4.79 Å². The monoisotopic (exact) mass is 262 g/mol. The van der Waals surface area contributed by atoms with E-state index >= 15 is 0 Å². The van der Waals surface area contributed by atoms with E-state index in [2.05, 4.69) is 32.8 Å². The molecule has 19 heavy (non-hydrogen) atoms. The van der Waals surface area contributed by atoms with Gasteiger partial charge >= 0.3 is 0 Å². The van der Waals surface area contributed by atoms with E-state index in [4.69, 9.17) is 0 Å². The molecule has 0 saturated heterocycles. The molecule has 1 saturated carbocycles. The highest BCUT2D eigenvalue weighted by Crippen LogP contribution is 2.34. The second kappa shape index (κ2) is 5.89. The number of carbonyl (C=O) groups is 1. The maximum atomic E-state index is 12.7. The molecule has 1 heterocycles. The van der Waals surface area contributed by atoms with Gasteiger partial charge in [-0.15, -0.1) is 0 Å². The van der Waals surface area contributed by atoms with Gasteiger partial charge in [0.2, 0.25) is 0 Å². The molecule has 3 heteroatoms. The molecule has 1 fully saturated rings. The zero-order valence-electron chi connectivity index (χ0n) is 12.6. The standard InChI is InChI=1S/C16H26N2O/c1-5-14-10-15(18(6-2)17-14)16(19)13-8-11(3)7-12(4)9-13/h10-13H,5-9H2,1-4H3. The van der Waals surface area contributed by atoms with Crippen molar-refractivity contribution in [1.29, 1.82) is 0 Å². The first-order chi connectivity index (χ1) is 9.05. The number of ketones is 1. The van der Waals surface area contributed by atoms with Crippen molar-refractivity contribution in [3.63, 3.8) is 0 Å². The summed E-state index contributed by atoms with van der Waals surface area (Å²) in [5, 5.41) is 4.50. The van der Waals surface area contributed by atoms with Crippen LogP contribution < -0.4 is 0 Å². The minimum absolute atomic E-state index is 0.199. The number of hydrogen-bond donors (Lipinski definition) is 0. The van der Waals surface area contributed by atoms with Gasteiger partial charge < -0.3 is 0 Å². The minimum Gasteiger partial charge on any atom is -0.292 e. The average Bonchev–Trinajstić information content (AvgIpc) is 2.80. The van der Waals surface area contributed by atoms with Crippen LogP contribution in [0, 0.1) is 17.8 Å². The lowest BCUT2D eigenvalue weighted by molar-refractivity contribution is 0.0825. The smallest absolute Gasteiger partial charge is 0.183 e. The Morgan fingerprint density at radius 3 is 2.42 bits per heavy atom. The number of carbonyl (C=O) groups excluding carboxylic acids is 1. The first-order valence-corrected chi connectivity index (χ1v) is 7.66. The Morgan fingerprint density at radius 2 is 1.89 bits per heavy atom. The Hall–Kier alpha value is -1.12. The fourth-order valence-electron chi connectivity index (χ4n) is 3.45. The molecular formula is C16H26N2O. The third-order valence-electron chi connectivity index (χ3n) is 4.29. The number of aromatic nitrogens is 2. The molecule has 0 amide bonds. The second-order valence-corrected chi connectivity index (χ2v) is 6.17. The maximum absolute atomic E-state index is 12.7. The van der Waals surface area contributed by atoms with Gasteiger partial charge in [0.15, 0.2) is 5.78 Å². The van der Waals surface area contributed by atoms with Crippen LogP contribution in [-0.2, 0) is 13.0 Å². The van der Waals surface area contributed by atoms with Gasteiger partial charge in [0.1, 0.15) is 5.69 Å². The van der Waals surface area contributed by atoms with Crippen molar-refractivity contribution in [1.82, 2.24) is 9.78 Å². The molecule has 1 aliphatic carbocycles. The lowest BCUT2D eigenvalue weighted by Gasteiger charge is -2.30. The van der Waals surface area contributed by atoms with Gasteiger partial charge in [-0.2, -0.15) is 5.10 Å². The van der Waals surface area contributed by atoms with E-state index in [1.54, 1.807) is 0 Å². The molecule has 0 spiro atoms. The van der Waals surface area contributed by atoms with Crippen LogP contribution in [0.15, 0.2) is 6.07 Å². The normalized spacial score (nSPS) is 27.5. The van der Waals surface area contributed by atoms with Crippen LogP contribution in [0.25, 0.3) is 0 Å². The highest BCUT2D eigenvalue weighted by Gasteiger charge is 2.31. The molecule has 0 radical (unpaired) electrons. The highest BCUT2D eigenvalue weighted by molar-refractivity contribution is 5.96. The predicted octanol–water partition coefficient (Wildman–Crippen LogP) is 3.72. The summed E-state index contributed by atoms with van der Waals surface area (Å²) in [6, 6.07) is 2.00. The molecule has 2 atom stereocenters. The van der Waals surface area contributed by atoms with E-state index in [-0.39, 0.29) is 5.92 Å². The van der Waals surface area contributed by atoms with Gasteiger partial charge in [0, 0.05) is 12.5 Å². The molecule has 1 aromatic heterocycles. The minimum atomic E-state index is 0.199. The van der Waals surface area contributed by atoms with Gasteiger partial charge in [-0.3, -0.25) is 9.48 Å². The fourth-order valence-corrected chi connectivity index (χ4v) is 3.45. The summed E-state index contributed by atoms with van der Waals surface area (Å²) in [4.78, 5) is 12.7. The summed E-state index contributed by atoms with van der Waals surface area (Å²) in [6.45, 7) is 9.45. The summed E-state index contributed by atoms with van der Waals surface area (Å²) in [6.07, 6.45) is 4.24. The van der Waals surface area contributed by atoms with Crippen molar-refractivity contribution in [2.24, 2.45) is 17.8 Å². The lowest BCUT2D eigenvalue weighted by Crippen LogP contribution is -2.27. The molecular weight excluding hydrogens is 236 g/mol. The van der Waals surface area contributed by atoms with E-state index in [0.29, 0.717) is 17.6 Å². The van der Waals surface area contributed by atoms with Crippen LogP contribution in [0.2, 0.25) is 0 Å². The zero-order valence-corrected chi connectivity index (χ0v) is 12.6. The maximum Gasteiger partial charge on any atom is 0.183 e. The SMILES string of the molecule is CCc1cc(C(=O)C2CC(C)CC(C)C2)n(CC)n1. The molecule has 0 aliphatic heterocycles. The van der Waals surface area contributed by atoms with Gasteiger partial charge in [-0.25, -0.2) is 0 Å². The number of rotatable bonds is 4. The van der Waals surface area contributed by atoms with Crippen LogP contribution in [0.4, 0.5) is 0 Å². The van der Waals surface area contributed by atoms with Crippen molar-refractivity contribution >= 4 is 5.78 Å². The Bertz CT molecular complexity index is 440. The van der Waals surface area contributed by atoms with Gasteiger partial charge in [0.05, 0.1) is 5.69 Å². The van der Waals surface area contributed by atoms with Crippen LogP contribution in [-0.4, -0.2) is 15.6 Å². The quantitative estimate of drug-likeness (QED) is 0.775. The molecule has 1 aliphatic rings. The van der Waals surface area contributed by atoms with Crippen molar-refractivity contribution in [2.45, 2.75) is 59.9 Å². The van der Waals surface area contributed by atoms with Gasteiger partial charge in [0.25, 0.3) is 0 Å². The van der Waals surface area contributed by atoms with Crippen molar-refractivity contribution < 1.29 is 4.79 Å². The fraction of sp³-hybridized carbons (Fsp3) is 0.750. The largest absolute Gasteiger partial charge is 0.292 e. The van der Waals surface area contributed by atoms with E-state index < -0.39 is 0 Å². The second-order valence-electron chi connectivity index (χ2n) is 6.17. The average molecular weight is 262 g/mol. The highest BCUT2D eigenvalue weighted by atomic mass is 16.1. The number of hydrogen-bond acceptors (Lipinski definition) is 2. The number of aryl methyl sites for hydroxylation is 2. The number of nitrogens with zero attached hydrogens (tertiary/aromatic N) is 2. The summed E-state index contributed by atoms with van der Waals surface area (Å²) in [5.41, 5.74) is 1.85. The van der Waals surface area contributed by atoms with Crippen LogP contribution >= 0.6 is 0 Å². The molecule has 0 bridgehead atoms. The van der Waals surface area contributed by atoms with E-state index in [0.717, 1.165) is 37.2 Å². The molecule has 2 unspecified atom stereocenters. The predicted molar refractivity (Wildman–Crippen MR) is 77.3 cm³/mol. The van der Waals surface area contributed by atoms with Crippen LogP contribution in [0.1, 0.15) is 63.1 Å². The Labute approximate surface area is 116 Å². The summed E-state index contributed by atoms with van der Waals surface area (Å²) in [7, 11) is 0. The Morgan fingerprint density at radius 1 is 1.26 bits per heavy atom. The Balaban J connectivity index is 2.21.